The molecule has 202 valence electrons. The molecule has 37 heavy (non-hydrogen) atoms. The van der Waals surface area contributed by atoms with E-state index in [1.807, 2.05) is 0 Å². The van der Waals surface area contributed by atoms with Crippen molar-refractivity contribution < 1.29 is 47.8 Å². The molecule has 6 atom stereocenters. The smallest absolute Gasteiger partial charge is 0.459 e. The first-order valence-electron chi connectivity index (χ1n) is 10.8. The van der Waals surface area contributed by atoms with Crippen LogP contribution in [0.3, 0.4) is 0 Å². The van der Waals surface area contributed by atoms with Crippen LogP contribution in [-0.4, -0.2) is 79.3 Å². The van der Waals surface area contributed by atoms with Gasteiger partial charge in [0.2, 0.25) is 5.82 Å². The van der Waals surface area contributed by atoms with Crippen LogP contribution in [-0.2, 0) is 23.4 Å². The lowest BCUT2D eigenvalue weighted by Crippen LogP contribution is -2.37. The van der Waals surface area contributed by atoms with Crippen molar-refractivity contribution in [3.8, 4) is 5.75 Å². The average molecular weight is 544 g/mol. The first-order chi connectivity index (χ1) is 17.4. The summed E-state index contributed by atoms with van der Waals surface area (Å²) in [5.41, 5.74) is 4.86. The van der Waals surface area contributed by atoms with Gasteiger partial charge in [0.1, 0.15) is 36.4 Å². The Kier molecular flexibility index (Phi) is 8.90. The van der Waals surface area contributed by atoms with Gasteiger partial charge in [-0.3, -0.25) is 24.2 Å². The molecule has 0 radical (unpaired) electrons. The fourth-order valence-corrected chi connectivity index (χ4v) is 4.68. The Hall–Kier alpha value is -3.47. The zero-order chi connectivity index (χ0) is 27.3. The molecule has 0 bridgehead atoms. The number of amides is 1. The van der Waals surface area contributed by atoms with Crippen molar-refractivity contribution in [3.05, 3.63) is 46.5 Å². The highest BCUT2D eigenvalue weighted by molar-refractivity contribution is 7.52. The number of hydrogen-bond acceptors (Lipinski definition) is 13. The van der Waals surface area contributed by atoms with Crippen molar-refractivity contribution >= 4 is 25.3 Å². The van der Waals surface area contributed by atoms with E-state index in [-0.39, 0.29) is 23.9 Å². The van der Waals surface area contributed by atoms with Gasteiger partial charge in [0, 0.05) is 12.1 Å². The number of nitrogens with one attached hydrogen (secondary N) is 1. The highest BCUT2D eigenvalue weighted by atomic mass is 31.2. The number of benzene rings is 1. The fraction of sp³-hybridized carbons (Fsp3) is 0.474. The third kappa shape index (κ3) is 6.85. The largest absolute Gasteiger partial charge is 0.465 e. The van der Waals surface area contributed by atoms with Gasteiger partial charge >= 0.3 is 13.7 Å². The maximum absolute atomic E-state index is 13.5. The average Bonchev–Trinajstić information content (AvgIpc) is 3.44. The molecule has 1 aliphatic heterocycles. The molecule has 2 heterocycles. The molecule has 1 aromatic heterocycles. The third-order valence-corrected chi connectivity index (χ3v) is 6.64. The summed E-state index contributed by atoms with van der Waals surface area (Å²) in [4.78, 5) is 37.2. The molecule has 3 rings (SSSR count). The highest BCUT2D eigenvalue weighted by Crippen LogP contribution is 2.46. The van der Waals surface area contributed by atoms with E-state index in [0.717, 1.165) is 23.1 Å². The van der Waals surface area contributed by atoms with Crippen molar-refractivity contribution in [2.75, 3.05) is 13.2 Å². The van der Waals surface area contributed by atoms with Crippen LogP contribution >= 0.6 is 7.75 Å². The fourth-order valence-electron chi connectivity index (χ4n) is 3.18. The molecule has 0 saturated carbocycles. The lowest BCUT2D eigenvalue weighted by atomic mass is 10.1. The van der Waals surface area contributed by atoms with Crippen LogP contribution in [0.15, 0.2) is 30.6 Å². The minimum Gasteiger partial charge on any atom is -0.465 e. The molecule has 2 aromatic rings. The second-order valence-electron chi connectivity index (χ2n) is 7.70. The number of aliphatic hydroxyl groups is 2. The topological polar surface area (TPSA) is 240 Å². The van der Waals surface area contributed by atoms with Crippen LogP contribution in [0.5, 0.6) is 5.75 Å². The summed E-state index contributed by atoms with van der Waals surface area (Å²) in [7, 11) is -4.40. The van der Waals surface area contributed by atoms with Crippen LogP contribution in [0.1, 0.15) is 30.7 Å². The molecule has 1 aromatic carbocycles. The summed E-state index contributed by atoms with van der Waals surface area (Å²) < 4.78 is 35.7. The third-order valence-electron chi connectivity index (χ3n) is 5.00. The van der Waals surface area contributed by atoms with E-state index < -0.39 is 61.7 Å². The number of hydrogen-bond donors (Lipinski definition) is 4. The van der Waals surface area contributed by atoms with Crippen LogP contribution in [0.2, 0.25) is 0 Å². The maximum atomic E-state index is 13.5. The number of primary amides is 1. The van der Waals surface area contributed by atoms with Crippen molar-refractivity contribution in [1.29, 1.82) is 0 Å². The van der Waals surface area contributed by atoms with E-state index in [1.54, 1.807) is 6.92 Å². The SMILES string of the molecule is CCOC(=O)[C@H](C)NP(=O)(OC[C@H]1O[C@@H](n2cnc(C(N)=O)n2)[C@H](O)[C@@H]1O)Oc1ccc([N+](=O)[O-])cc1. The molecule has 17 nitrogen and oxygen atoms in total. The predicted molar refractivity (Wildman–Crippen MR) is 121 cm³/mol. The van der Waals surface area contributed by atoms with Crippen LogP contribution in [0.4, 0.5) is 5.69 Å². The normalized spacial score (nSPS) is 23.7. The predicted octanol–water partition coefficient (Wildman–Crippen LogP) is -0.351. The van der Waals surface area contributed by atoms with Crippen molar-refractivity contribution in [2.24, 2.45) is 5.73 Å². The van der Waals surface area contributed by atoms with Crippen LogP contribution in [0.25, 0.3) is 0 Å². The Balaban J connectivity index is 1.75. The summed E-state index contributed by atoms with van der Waals surface area (Å²) in [6.45, 7) is 2.37. The Morgan fingerprint density at radius 2 is 2.00 bits per heavy atom. The number of non-ortho nitro benzene ring substituents is 1. The van der Waals surface area contributed by atoms with Gasteiger partial charge in [0.15, 0.2) is 6.23 Å². The zero-order valence-electron chi connectivity index (χ0n) is 19.6. The molecular weight excluding hydrogens is 519 g/mol. The van der Waals surface area contributed by atoms with Crippen molar-refractivity contribution in [1.82, 2.24) is 19.9 Å². The van der Waals surface area contributed by atoms with Crippen LogP contribution < -0.4 is 15.3 Å². The van der Waals surface area contributed by atoms with E-state index >= 15 is 0 Å². The van der Waals surface area contributed by atoms with E-state index in [9.17, 15) is 34.5 Å². The molecule has 1 unspecified atom stereocenters. The minimum absolute atomic E-state index is 0.0559. The van der Waals surface area contributed by atoms with Gasteiger partial charge in [-0.15, -0.1) is 5.10 Å². The number of nitro groups is 1. The number of carbonyl (C=O) groups is 2. The van der Waals surface area contributed by atoms with E-state index in [0.29, 0.717) is 0 Å². The molecule has 1 saturated heterocycles. The van der Waals surface area contributed by atoms with Gasteiger partial charge in [-0.05, 0) is 26.0 Å². The lowest BCUT2D eigenvalue weighted by molar-refractivity contribution is -0.384. The van der Waals surface area contributed by atoms with Gasteiger partial charge in [0.25, 0.3) is 11.6 Å². The number of ether oxygens (including phenoxy) is 2. The summed E-state index contributed by atoms with van der Waals surface area (Å²) in [5.74, 6) is -2.12. The number of carbonyl (C=O) groups excluding carboxylic acids is 2. The molecule has 1 amide bonds. The number of nitrogens with zero attached hydrogens (tertiary/aromatic N) is 4. The summed E-state index contributed by atoms with van der Waals surface area (Å²) in [5, 5.41) is 37.8. The van der Waals surface area contributed by atoms with Crippen LogP contribution in [0, 0.1) is 10.1 Å². The highest BCUT2D eigenvalue weighted by Gasteiger charge is 2.46. The Morgan fingerprint density at radius 3 is 2.57 bits per heavy atom. The Labute approximate surface area is 209 Å². The van der Waals surface area contributed by atoms with Gasteiger partial charge < -0.3 is 29.9 Å². The Bertz CT molecular complexity index is 1180. The summed E-state index contributed by atoms with van der Waals surface area (Å²) >= 11 is 0. The second-order valence-corrected chi connectivity index (χ2v) is 9.39. The first kappa shape index (κ1) is 28.1. The van der Waals surface area contributed by atoms with E-state index in [4.69, 9.17) is 24.3 Å². The standard InChI is InChI=1S/C19H25N6O11P/c1-3-33-19(29)10(2)23-37(32,36-12-6-4-11(5-7-12)25(30)31)34-8-13-14(26)15(27)18(35-13)24-9-21-17(22-24)16(20)28/h4-7,9-10,13-15,18,26-27H,3,8H2,1-2H3,(H2,20,28)(H,23,32)/t10-,13+,14+,15+,18+,37?/m0/s1. The zero-order valence-corrected chi connectivity index (χ0v) is 20.5. The quantitative estimate of drug-likeness (QED) is 0.116. The number of esters is 1. The molecular formula is C19H25N6O11P. The molecule has 0 aliphatic carbocycles. The molecule has 1 aliphatic rings. The second kappa shape index (κ2) is 11.7. The lowest BCUT2D eigenvalue weighted by Gasteiger charge is -2.24. The summed E-state index contributed by atoms with van der Waals surface area (Å²) in [6.07, 6.45) is -4.59. The van der Waals surface area contributed by atoms with Crippen molar-refractivity contribution in [2.45, 2.75) is 44.4 Å². The number of nitrogens with two attached hydrogens (primary N) is 1. The number of nitro benzene ring substituents is 1. The number of aromatic nitrogens is 3. The molecule has 18 heteroatoms. The molecule has 1 fully saturated rings. The van der Waals surface area contributed by atoms with Gasteiger partial charge in [0.05, 0.1) is 18.1 Å². The van der Waals surface area contributed by atoms with E-state index in [1.165, 1.54) is 19.1 Å². The van der Waals surface area contributed by atoms with Gasteiger partial charge in [-0.1, -0.05) is 0 Å². The number of rotatable bonds is 12. The first-order valence-corrected chi connectivity index (χ1v) is 12.3. The number of aliphatic hydroxyl groups excluding tert-OH is 2. The monoisotopic (exact) mass is 544 g/mol. The summed E-state index contributed by atoms with van der Waals surface area (Å²) in [6, 6.07) is 3.40. The Morgan fingerprint density at radius 1 is 1.32 bits per heavy atom. The van der Waals surface area contributed by atoms with Crippen molar-refractivity contribution in [3.63, 3.8) is 0 Å². The van der Waals surface area contributed by atoms with Gasteiger partial charge in [-0.25, -0.2) is 14.2 Å². The molecule has 0 spiro atoms. The molecule has 5 N–H and O–H groups in total. The minimum atomic E-state index is -4.40. The maximum Gasteiger partial charge on any atom is 0.459 e. The van der Waals surface area contributed by atoms with Gasteiger partial charge in [-0.2, -0.15) is 5.09 Å². The van der Waals surface area contributed by atoms with E-state index in [2.05, 4.69) is 15.2 Å².